The molecule has 0 heterocycles. The second kappa shape index (κ2) is 3.81. The van der Waals surface area contributed by atoms with Crippen LogP contribution in [0.5, 0.6) is 0 Å². The molecule has 1 heteroatoms. The van der Waals surface area contributed by atoms with Crippen LogP contribution in [0.25, 0.3) is 0 Å². The molecule has 76 valence electrons. The van der Waals surface area contributed by atoms with Crippen molar-refractivity contribution in [2.24, 2.45) is 17.3 Å². The molecule has 1 rings (SSSR count). The minimum atomic E-state index is 0.302. The molecule has 1 unspecified atom stereocenters. The molecule has 13 heavy (non-hydrogen) atoms. The van der Waals surface area contributed by atoms with Crippen molar-refractivity contribution in [2.45, 2.75) is 53.4 Å². The summed E-state index contributed by atoms with van der Waals surface area (Å²) in [5.74, 6) is 1.35. The maximum Gasteiger partial charge on any atom is 0.133 e. The van der Waals surface area contributed by atoms with E-state index < -0.39 is 0 Å². The van der Waals surface area contributed by atoms with Gasteiger partial charge in [0.05, 0.1) is 0 Å². The van der Waals surface area contributed by atoms with Crippen molar-refractivity contribution in [3.8, 4) is 0 Å². The standard InChI is InChI=1S/C12H22O/c1-9(13)10-7-5-6-8-11(10)12(2,3)4/h10-11H,5-8H2,1-4H3/t10-,11?/m1/s1. The number of carbonyl (C=O) groups is 1. The molecule has 0 aromatic rings. The number of hydrogen-bond acceptors (Lipinski definition) is 1. The Morgan fingerprint density at radius 2 is 1.69 bits per heavy atom. The van der Waals surface area contributed by atoms with Gasteiger partial charge in [-0.25, -0.2) is 0 Å². The van der Waals surface area contributed by atoms with Gasteiger partial charge in [-0.3, -0.25) is 4.79 Å². The highest BCUT2D eigenvalue weighted by Gasteiger charge is 2.36. The average Bonchev–Trinajstić information content (AvgIpc) is 2.03. The summed E-state index contributed by atoms with van der Waals surface area (Å²) in [6.07, 6.45) is 4.92. The zero-order valence-corrected chi connectivity index (χ0v) is 9.39. The van der Waals surface area contributed by atoms with Crippen LogP contribution in [-0.4, -0.2) is 5.78 Å². The smallest absolute Gasteiger partial charge is 0.133 e. The van der Waals surface area contributed by atoms with Gasteiger partial charge in [0.15, 0.2) is 0 Å². The fourth-order valence-corrected chi connectivity index (χ4v) is 2.65. The number of carbonyl (C=O) groups excluding carboxylic acids is 1. The Labute approximate surface area is 81.9 Å². The zero-order valence-electron chi connectivity index (χ0n) is 9.39. The topological polar surface area (TPSA) is 17.1 Å². The highest BCUT2D eigenvalue weighted by molar-refractivity contribution is 5.78. The van der Waals surface area contributed by atoms with E-state index in [1.807, 2.05) is 0 Å². The van der Waals surface area contributed by atoms with E-state index in [1.54, 1.807) is 6.92 Å². The molecule has 0 spiro atoms. The summed E-state index contributed by atoms with van der Waals surface area (Å²) in [6.45, 7) is 8.55. The first-order valence-corrected chi connectivity index (χ1v) is 5.43. The van der Waals surface area contributed by atoms with Crippen LogP contribution in [-0.2, 0) is 4.79 Å². The van der Waals surface area contributed by atoms with Crippen molar-refractivity contribution in [1.82, 2.24) is 0 Å². The van der Waals surface area contributed by atoms with Crippen molar-refractivity contribution < 1.29 is 4.79 Å². The van der Waals surface area contributed by atoms with Crippen molar-refractivity contribution in [3.63, 3.8) is 0 Å². The van der Waals surface area contributed by atoms with Gasteiger partial charge in [0.1, 0.15) is 5.78 Å². The first-order chi connectivity index (χ1) is 5.93. The Kier molecular flexibility index (Phi) is 3.15. The molecular formula is C12H22O. The van der Waals surface area contributed by atoms with Crippen LogP contribution in [0.3, 0.4) is 0 Å². The Balaban J connectivity index is 2.73. The second-order valence-corrected chi connectivity index (χ2v) is 5.47. The summed E-state index contributed by atoms with van der Waals surface area (Å²) in [5.41, 5.74) is 0.302. The number of rotatable bonds is 1. The Morgan fingerprint density at radius 3 is 2.08 bits per heavy atom. The summed E-state index contributed by atoms with van der Waals surface area (Å²) in [5, 5.41) is 0. The van der Waals surface area contributed by atoms with Gasteiger partial charge < -0.3 is 0 Å². The molecule has 0 radical (unpaired) electrons. The minimum Gasteiger partial charge on any atom is -0.300 e. The lowest BCUT2D eigenvalue weighted by molar-refractivity contribution is -0.125. The van der Waals surface area contributed by atoms with E-state index in [0.29, 0.717) is 23.0 Å². The van der Waals surface area contributed by atoms with E-state index in [1.165, 1.54) is 19.3 Å². The largest absolute Gasteiger partial charge is 0.300 e. The van der Waals surface area contributed by atoms with Gasteiger partial charge in [0.2, 0.25) is 0 Å². The molecule has 0 N–H and O–H groups in total. The number of Topliss-reactive ketones (excluding diaryl/α,β-unsaturated/α-hetero) is 1. The molecule has 0 saturated heterocycles. The molecule has 1 fully saturated rings. The summed E-state index contributed by atoms with van der Waals surface area (Å²) in [6, 6.07) is 0. The molecule has 1 nitrogen and oxygen atoms in total. The van der Waals surface area contributed by atoms with Crippen LogP contribution in [0.15, 0.2) is 0 Å². The fraction of sp³-hybridized carbons (Fsp3) is 0.917. The molecule has 0 bridgehead atoms. The Morgan fingerprint density at radius 1 is 1.15 bits per heavy atom. The van der Waals surface area contributed by atoms with Gasteiger partial charge >= 0.3 is 0 Å². The molecule has 1 saturated carbocycles. The fourth-order valence-electron chi connectivity index (χ4n) is 2.65. The lowest BCUT2D eigenvalue weighted by Gasteiger charge is -2.39. The summed E-state index contributed by atoms with van der Waals surface area (Å²) in [4.78, 5) is 11.5. The monoisotopic (exact) mass is 182 g/mol. The molecule has 0 amide bonds. The quantitative estimate of drug-likeness (QED) is 0.607. The van der Waals surface area contributed by atoms with Crippen LogP contribution in [0.4, 0.5) is 0 Å². The Bertz CT molecular complexity index is 188. The third-order valence-corrected chi connectivity index (χ3v) is 3.40. The van der Waals surface area contributed by atoms with Crippen molar-refractivity contribution in [3.05, 3.63) is 0 Å². The average molecular weight is 182 g/mol. The molecule has 1 aliphatic carbocycles. The van der Waals surface area contributed by atoms with E-state index in [2.05, 4.69) is 20.8 Å². The molecule has 0 aromatic heterocycles. The maximum absolute atomic E-state index is 11.5. The summed E-state index contributed by atoms with van der Waals surface area (Å²) in [7, 11) is 0. The highest BCUT2D eigenvalue weighted by atomic mass is 16.1. The highest BCUT2D eigenvalue weighted by Crippen LogP contribution is 2.41. The van der Waals surface area contributed by atoms with Gasteiger partial charge in [-0.1, -0.05) is 33.6 Å². The third-order valence-electron chi connectivity index (χ3n) is 3.40. The first-order valence-electron chi connectivity index (χ1n) is 5.43. The van der Waals surface area contributed by atoms with E-state index in [0.717, 1.165) is 6.42 Å². The van der Waals surface area contributed by atoms with Crippen molar-refractivity contribution in [1.29, 1.82) is 0 Å². The predicted molar refractivity (Wildman–Crippen MR) is 55.6 cm³/mol. The van der Waals surface area contributed by atoms with Crippen LogP contribution in [0.2, 0.25) is 0 Å². The summed E-state index contributed by atoms with van der Waals surface area (Å²) >= 11 is 0. The van der Waals surface area contributed by atoms with Crippen LogP contribution >= 0.6 is 0 Å². The molecule has 0 aliphatic heterocycles. The number of hydrogen-bond donors (Lipinski definition) is 0. The second-order valence-electron chi connectivity index (χ2n) is 5.47. The van der Waals surface area contributed by atoms with Gasteiger partial charge in [-0.2, -0.15) is 0 Å². The van der Waals surface area contributed by atoms with Crippen LogP contribution in [0.1, 0.15) is 53.4 Å². The van der Waals surface area contributed by atoms with E-state index in [-0.39, 0.29) is 0 Å². The van der Waals surface area contributed by atoms with E-state index in [9.17, 15) is 4.79 Å². The minimum absolute atomic E-state index is 0.302. The lowest BCUT2D eigenvalue weighted by atomic mass is 9.65. The maximum atomic E-state index is 11.5. The molecule has 0 aromatic carbocycles. The summed E-state index contributed by atoms with van der Waals surface area (Å²) < 4.78 is 0. The van der Waals surface area contributed by atoms with E-state index in [4.69, 9.17) is 0 Å². The number of ketones is 1. The predicted octanol–water partition coefficient (Wildman–Crippen LogP) is 3.43. The van der Waals surface area contributed by atoms with Gasteiger partial charge in [0, 0.05) is 5.92 Å². The lowest BCUT2D eigenvalue weighted by Crippen LogP contribution is -2.34. The molecule has 1 aliphatic rings. The van der Waals surface area contributed by atoms with Crippen molar-refractivity contribution >= 4 is 5.78 Å². The van der Waals surface area contributed by atoms with Crippen LogP contribution < -0.4 is 0 Å². The Hall–Kier alpha value is -0.330. The normalized spacial score (nSPS) is 30.2. The third kappa shape index (κ3) is 2.55. The first kappa shape index (κ1) is 10.7. The van der Waals surface area contributed by atoms with E-state index >= 15 is 0 Å². The van der Waals surface area contributed by atoms with Gasteiger partial charge in [-0.15, -0.1) is 0 Å². The van der Waals surface area contributed by atoms with Gasteiger partial charge in [0.25, 0.3) is 0 Å². The molecular weight excluding hydrogens is 160 g/mol. The molecule has 2 atom stereocenters. The van der Waals surface area contributed by atoms with Crippen molar-refractivity contribution in [2.75, 3.05) is 0 Å². The van der Waals surface area contributed by atoms with Gasteiger partial charge in [-0.05, 0) is 31.1 Å². The SMILES string of the molecule is CC(=O)[C@H]1CCCCC1C(C)(C)C. The zero-order chi connectivity index (χ0) is 10.1. The van der Waals surface area contributed by atoms with Crippen LogP contribution in [0, 0.1) is 17.3 Å².